The van der Waals surface area contributed by atoms with Gasteiger partial charge in [-0.1, -0.05) is 60.7 Å². The van der Waals surface area contributed by atoms with Crippen molar-refractivity contribution in [3.8, 4) is 0 Å². The lowest BCUT2D eigenvalue weighted by Gasteiger charge is -2.47. The molecule has 0 aliphatic carbocycles. The van der Waals surface area contributed by atoms with Gasteiger partial charge in [-0.15, -0.1) is 0 Å². The highest BCUT2D eigenvalue weighted by atomic mass is 16.7. The molecule has 0 unspecified atom stereocenters. The maximum atomic E-state index is 13.0. The van der Waals surface area contributed by atoms with E-state index in [4.69, 9.17) is 23.7 Å². The lowest BCUT2D eigenvalue weighted by Crippen LogP contribution is -2.57. The molecule has 3 aliphatic rings. The van der Waals surface area contributed by atoms with Crippen molar-refractivity contribution < 1.29 is 28.5 Å². The Hall–Kier alpha value is -2.09. The van der Waals surface area contributed by atoms with Crippen LogP contribution in [-0.4, -0.2) is 48.5 Å². The molecule has 0 saturated carbocycles. The van der Waals surface area contributed by atoms with Gasteiger partial charge in [-0.05, 0) is 45.1 Å². The van der Waals surface area contributed by atoms with E-state index in [1.165, 1.54) is 0 Å². The average Bonchev–Trinajstić information content (AvgIpc) is 2.98. The first-order valence-electron chi connectivity index (χ1n) is 12.8. The Morgan fingerprint density at radius 3 is 2.46 bits per heavy atom. The average molecular weight is 481 g/mol. The highest BCUT2D eigenvalue weighted by Gasteiger charge is 2.55. The predicted molar refractivity (Wildman–Crippen MR) is 131 cm³/mol. The van der Waals surface area contributed by atoms with Crippen LogP contribution in [0, 0.1) is 0 Å². The minimum Gasteiger partial charge on any atom is -0.377 e. The van der Waals surface area contributed by atoms with Crippen molar-refractivity contribution >= 4 is 5.78 Å². The number of benzene rings is 2. The minimum atomic E-state index is -0.616. The fourth-order valence-electron chi connectivity index (χ4n) is 5.42. The van der Waals surface area contributed by atoms with Crippen LogP contribution in [0.15, 0.2) is 60.7 Å². The first kappa shape index (κ1) is 24.6. The monoisotopic (exact) mass is 480 g/mol. The number of rotatable bonds is 7. The lowest BCUT2D eigenvalue weighted by atomic mass is 9.84. The van der Waals surface area contributed by atoms with Crippen LogP contribution in [0.2, 0.25) is 0 Å². The molecule has 6 atom stereocenters. The molecule has 3 saturated heterocycles. The van der Waals surface area contributed by atoms with Crippen LogP contribution in [0.4, 0.5) is 0 Å². The number of carbonyl (C=O) groups is 1. The van der Waals surface area contributed by atoms with Crippen LogP contribution in [0.5, 0.6) is 0 Å². The molecule has 6 heteroatoms. The zero-order valence-corrected chi connectivity index (χ0v) is 20.7. The van der Waals surface area contributed by atoms with Crippen LogP contribution >= 0.6 is 0 Å². The van der Waals surface area contributed by atoms with Crippen molar-refractivity contribution in [1.82, 2.24) is 0 Å². The highest BCUT2D eigenvalue weighted by Crippen LogP contribution is 2.45. The van der Waals surface area contributed by atoms with Gasteiger partial charge in [0.15, 0.2) is 12.1 Å². The molecule has 5 rings (SSSR count). The summed E-state index contributed by atoms with van der Waals surface area (Å²) in [6.45, 7) is 5.72. The number of ether oxygens (including phenoxy) is 5. The molecule has 6 nitrogen and oxygen atoms in total. The number of hydrogen-bond acceptors (Lipinski definition) is 6. The van der Waals surface area contributed by atoms with Gasteiger partial charge in [0.2, 0.25) is 0 Å². The number of Topliss-reactive ketones (excluding diaryl/α,β-unsaturated/α-hetero) is 1. The predicted octanol–water partition coefficient (Wildman–Crippen LogP) is 5.15. The van der Waals surface area contributed by atoms with E-state index in [0.29, 0.717) is 32.7 Å². The topological polar surface area (TPSA) is 63.2 Å². The Morgan fingerprint density at radius 2 is 1.69 bits per heavy atom. The molecule has 3 heterocycles. The Bertz CT molecular complexity index is 981. The largest absolute Gasteiger partial charge is 0.377 e. The first-order chi connectivity index (χ1) is 17.0. The summed E-state index contributed by atoms with van der Waals surface area (Å²) >= 11 is 0. The maximum absolute atomic E-state index is 13.0. The molecular formula is C29H36O6. The van der Waals surface area contributed by atoms with Crippen molar-refractivity contribution in [3.63, 3.8) is 0 Å². The van der Waals surface area contributed by atoms with Gasteiger partial charge in [0.1, 0.15) is 11.7 Å². The molecule has 0 amide bonds. The fraction of sp³-hybridized carbons (Fsp3) is 0.552. The molecule has 3 aliphatic heterocycles. The Labute approximate surface area is 207 Å². The number of fused-ring (bicyclic) bond motifs is 2. The molecule has 35 heavy (non-hydrogen) atoms. The summed E-state index contributed by atoms with van der Waals surface area (Å²) in [5.74, 6) is 0.109. The number of hydrogen-bond donors (Lipinski definition) is 0. The van der Waals surface area contributed by atoms with E-state index in [9.17, 15) is 4.79 Å². The minimum absolute atomic E-state index is 0.109. The quantitative estimate of drug-likeness (QED) is 0.511. The van der Waals surface area contributed by atoms with E-state index in [1.807, 2.05) is 55.5 Å². The molecule has 2 aromatic rings. The van der Waals surface area contributed by atoms with Gasteiger partial charge in [-0.25, -0.2) is 0 Å². The summed E-state index contributed by atoms with van der Waals surface area (Å²) in [6, 6.07) is 20.1. The summed E-state index contributed by atoms with van der Waals surface area (Å²) < 4.78 is 31.3. The highest BCUT2D eigenvalue weighted by molar-refractivity contribution is 5.84. The van der Waals surface area contributed by atoms with Gasteiger partial charge >= 0.3 is 0 Å². The fourth-order valence-corrected chi connectivity index (χ4v) is 5.42. The standard InChI is InChI=1S/C29H36O6/c1-28-16-15-25-29(2,20-32-27(33-25)22-12-7-4-8-13-22)35-26(28)18-23(30)24(34-28)14-9-17-31-19-21-10-5-3-6-11-21/h3-8,10-13,24-27H,9,14-20H2,1-2H3/t24-,25+,26+,27-,28-,29-/m1/s1. The first-order valence-corrected chi connectivity index (χ1v) is 12.8. The van der Waals surface area contributed by atoms with Gasteiger partial charge in [-0.3, -0.25) is 4.79 Å². The van der Waals surface area contributed by atoms with Crippen LogP contribution in [0.1, 0.15) is 63.4 Å². The van der Waals surface area contributed by atoms with E-state index < -0.39 is 23.6 Å². The third kappa shape index (κ3) is 5.52. The van der Waals surface area contributed by atoms with Crippen LogP contribution < -0.4 is 0 Å². The summed E-state index contributed by atoms with van der Waals surface area (Å²) in [5, 5.41) is 0. The second kappa shape index (κ2) is 10.5. The molecule has 0 N–H and O–H groups in total. The smallest absolute Gasteiger partial charge is 0.184 e. The molecule has 188 valence electrons. The van der Waals surface area contributed by atoms with Crippen LogP contribution in [0.3, 0.4) is 0 Å². The van der Waals surface area contributed by atoms with Crippen molar-refractivity contribution in [2.24, 2.45) is 0 Å². The van der Waals surface area contributed by atoms with Crippen molar-refractivity contribution in [2.75, 3.05) is 13.2 Å². The third-order valence-electron chi connectivity index (χ3n) is 7.58. The third-order valence-corrected chi connectivity index (χ3v) is 7.58. The van der Waals surface area contributed by atoms with Crippen molar-refractivity contribution in [1.29, 1.82) is 0 Å². The van der Waals surface area contributed by atoms with Crippen LogP contribution in [0.25, 0.3) is 0 Å². The SMILES string of the molecule is C[C@@]12CO[C@@H](c3ccccc3)O[C@H]1CC[C@@]1(C)O[C@H](CCCOCc3ccccc3)C(=O)C[C@@H]1O2. The van der Waals surface area contributed by atoms with E-state index >= 15 is 0 Å². The van der Waals surface area contributed by atoms with Gasteiger partial charge in [0.25, 0.3) is 0 Å². The van der Waals surface area contributed by atoms with Gasteiger partial charge in [0, 0.05) is 18.6 Å². The zero-order chi connectivity index (χ0) is 24.3. The number of ketones is 1. The summed E-state index contributed by atoms with van der Waals surface area (Å²) in [4.78, 5) is 13.0. The van der Waals surface area contributed by atoms with E-state index in [1.54, 1.807) is 0 Å². The summed E-state index contributed by atoms with van der Waals surface area (Å²) in [5.41, 5.74) is 1.01. The molecule has 0 bridgehead atoms. The Morgan fingerprint density at radius 1 is 0.943 bits per heavy atom. The molecule has 2 aromatic carbocycles. The molecule has 0 radical (unpaired) electrons. The van der Waals surface area contributed by atoms with Gasteiger partial charge < -0.3 is 23.7 Å². The molecule has 0 aromatic heterocycles. The van der Waals surface area contributed by atoms with Crippen LogP contribution in [-0.2, 0) is 35.1 Å². The normalized spacial score (nSPS) is 35.1. The second-order valence-corrected chi connectivity index (χ2v) is 10.4. The Balaban J connectivity index is 1.17. The van der Waals surface area contributed by atoms with E-state index in [-0.39, 0.29) is 18.0 Å². The lowest BCUT2D eigenvalue weighted by molar-refractivity contribution is -0.312. The van der Waals surface area contributed by atoms with Crippen molar-refractivity contribution in [3.05, 3.63) is 71.8 Å². The molecule has 3 fully saturated rings. The summed E-state index contributed by atoms with van der Waals surface area (Å²) in [7, 11) is 0. The van der Waals surface area contributed by atoms with Gasteiger partial charge in [0.05, 0.1) is 31.0 Å². The van der Waals surface area contributed by atoms with Crippen molar-refractivity contribution in [2.45, 2.75) is 88.4 Å². The van der Waals surface area contributed by atoms with E-state index in [2.05, 4.69) is 19.1 Å². The zero-order valence-electron chi connectivity index (χ0n) is 20.7. The maximum Gasteiger partial charge on any atom is 0.184 e. The van der Waals surface area contributed by atoms with Gasteiger partial charge in [-0.2, -0.15) is 0 Å². The molecular weight excluding hydrogens is 444 g/mol. The number of carbonyl (C=O) groups excluding carboxylic acids is 1. The summed E-state index contributed by atoms with van der Waals surface area (Å²) in [6.07, 6.45) is 2.09. The molecule has 0 spiro atoms. The Kier molecular flexibility index (Phi) is 7.37. The van der Waals surface area contributed by atoms with E-state index in [0.717, 1.165) is 30.4 Å². The second-order valence-electron chi connectivity index (χ2n) is 10.4.